The van der Waals surface area contributed by atoms with Gasteiger partial charge in [-0.2, -0.15) is 0 Å². The highest BCUT2D eigenvalue weighted by atomic mass is 32.2. The van der Waals surface area contributed by atoms with Crippen molar-refractivity contribution in [3.8, 4) is 0 Å². The molecule has 0 aliphatic heterocycles. The van der Waals surface area contributed by atoms with Gasteiger partial charge in [-0.3, -0.25) is 13.9 Å². The van der Waals surface area contributed by atoms with Crippen LogP contribution in [0.2, 0.25) is 0 Å². The number of hydrogen-bond donors (Lipinski definition) is 2. The monoisotopic (exact) mass is 427 g/mol. The standard InChI is InChI=1S/C19H17N5O3S2/c1-2-15-17(24-11-4-3-5-16(24)22-15)18(25)21-13-6-8-14(9-7-13)29(26,27)23-19-20-10-12-28-19/h3-12H,2H2,1H3,(H,20,23)(H,21,25). The minimum atomic E-state index is -3.74. The second kappa shape index (κ2) is 7.64. The average molecular weight is 428 g/mol. The molecule has 1 aromatic carbocycles. The lowest BCUT2D eigenvalue weighted by Crippen LogP contribution is -2.16. The Kier molecular flexibility index (Phi) is 5.03. The van der Waals surface area contributed by atoms with Gasteiger partial charge in [0.25, 0.3) is 15.9 Å². The number of pyridine rings is 1. The number of imidazole rings is 1. The second-order valence-corrected chi connectivity index (χ2v) is 8.69. The molecular weight excluding hydrogens is 410 g/mol. The number of carbonyl (C=O) groups excluding carboxylic acids is 1. The molecule has 148 valence electrons. The van der Waals surface area contributed by atoms with Crippen molar-refractivity contribution in [3.05, 3.63) is 71.6 Å². The third-order valence-electron chi connectivity index (χ3n) is 4.23. The van der Waals surface area contributed by atoms with E-state index in [9.17, 15) is 13.2 Å². The Labute approximate surface area is 171 Å². The fraction of sp³-hybridized carbons (Fsp3) is 0.105. The van der Waals surface area contributed by atoms with E-state index in [-0.39, 0.29) is 10.8 Å². The van der Waals surface area contributed by atoms with Crippen LogP contribution in [0.1, 0.15) is 23.1 Å². The van der Waals surface area contributed by atoms with Gasteiger partial charge in [-0.1, -0.05) is 13.0 Å². The number of nitrogens with one attached hydrogen (secondary N) is 2. The predicted octanol–water partition coefficient (Wildman–Crippen LogP) is 3.41. The highest BCUT2D eigenvalue weighted by molar-refractivity contribution is 7.93. The number of sulfonamides is 1. The molecule has 2 N–H and O–H groups in total. The molecule has 0 aliphatic carbocycles. The van der Waals surface area contributed by atoms with Crippen molar-refractivity contribution in [2.45, 2.75) is 18.2 Å². The number of aromatic nitrogens is 3. The summed E-state index contributed by atoms with van der Waals surface area (Å²) in [5.74, 6) is -0.308. The lowest BCUT2D eigenvalue weighted by atomic mass is 10.2. The molecule has 0 aliphatic rings. The first kappa shape index (κ1) is 19.1. The quantitative estimate of drug-likeness (QED) is 0.491. The van der Waals surface area contributed by atoms with Crippen molar-refractivity contribution in [2.75, 3.05) is 10.0 Å². The van der Waals surface area contributed by atoms with Crippen molar-refractivity contribution in [2.24, 2.45) is 0 Å². The Hall–Kier alpha value is -3.24. The number of aryl methyl sites for hydroxylation is 1. The van der Waals surface area contributed by atoms with Crippen molar-refractivity contribution in [1.82, 2.24) is 14.4 Å². The zero-order valence-corrected chi connectivity index (χ0v) is 17.0. The molecule has 4 aromatic rings. The van der Waals surface area contributed by atoms with Crippen molar-refractivity contribution in [3.63, 3.8) is 0 Å². The van der Waals surface area contributed by atoms with Crippen LogP contribution in [0.15, 0.2) is 65.1 Å². The molecule has 0 saturated heterocycles. The summed E-state index contributed by atoms with van der Waals surface area (Å²) >= 11 is 1.19. The first-order chi connectivity index (χ1) is 14.0. The maximum atomic E-state index is 12.9. The van der Waals surface area contributed by atoms with Crippen molar-refractivity contribution < 1.29 is 13.2 Å². The Bertz CT molecular complexity index is 1260. The van der Waals surface area contributed by atoms with Crippen LogP contribution in [0, 0.1) is 0 Å². The molecule has 0 spiro atoms. The molecule has 0 fully saturated rings. The van der Waals surface area contributed by atoms with E-state index in [0.717, 1.165) is 0 Å². The minimum absolute atomic E-state index is 0.0785. The molecule has 10 heteroatoms. The summed E-state index contributed by atoms with van der Waals surface area (Å²) in [6.45, 7) is 1.94. The van der Waals surface area contributed by atoms with Crippen LogP contribution in [0.5, 0.6) is 0 Å². The second-order valence-electron chi connectivity index (χ2n) is 6.11. The number of carbonyl (C=O) groups is 1. The van der Waals surface area contributed by atoms with Crippen molar-refractivity contribution >= 4 is 43.7 Å². The fourth-order valence-electron chi connectivity index (χ4n) is 2.89. The Morgan fingerprint density at radius 3 is 2.66 bits per heavy atom. The summed E-state index contributed by atoms with van der Waals surface area (Å²) in [5, 5.41) is 4.79. The molecular formula is C19H17N5O3S2. The number of fused-ring (bicyclic) bond motifs is 1. The van der Waals surface area contributed by atoms with Crippen LogP contribution < -0.4 is 10.0 Å². The molecule has 29 heavy (non-hydrogen) atoms. The molecule has 3 aromatic heterocycles. The predicted molar refractivity (Wildman–Crippen MR) is 112 cm³/mol. The Morgan fingerprint density at radius 2 is 1.97 bits per heavy atom. The molecule has 0 unspecified atom stereocenters. The largest absolute Gasteiger partial charge is 0.321 e. The molecule has 4 rings (SSSR count). The molecule has 0 atom stereocenters. The van der Waals surface area contributed by atoms with Gasteiger partial charge >= 0.3 is 0 Å². The van der Waals surface area contributed by atoms with Crippen LogP contribution in [-0.2, 0) is 16.4 Å². The number of amides is 1. The van der Waals surface area contributed by atoms with E-state index >= 15 is 0 Å². The van der Waals surface area contributed by atoms with Gasteiger partial charge in [-0.15, -0.1) is 11.3 Å². The summed E-state index contributed by atoms with van der Waals surface area (Å²) < 4.78 is 29.0. The summed E-state index contributed by atoms with van der Waals surface area (Å²) in [4.78, 5) is 21.3. The number of benzene rings is 1. The number of nitrogens with zero attached hydrogens (tertiary/aromatic N) is 3. The fourth-order valence-corrected chi connectivity index (χ4v) is 4.68. The van der Waals surface area contributed by atoms with E-state index in [0.29, 0.717) is 34.3 Å². The topological polar surface area (TPSA) is 105 Å². The molecule has 3 heterocycles. The SMILES string of the molecule is CCc1nc2ccccn2c1C(=O)Nc1ccc(S(=O)(=O)Nc2nccs2)cc1. The number of anilines is 2. The van der Waals surface area contributed by atoms with E-state index in [1.807, 2.05) is 25.1 Å². The summed E-state index contributed by atoms with van der Waals surface area (Å²) in [5.41, 5.74) is 2.34. The molecule has 0 saturated carbocycles. The highest BCUT2D eigenvalue weighted by Gasteiger charge is 2.19. The van der Waals surface area contributed by atoms with Gasteiger partial charge in [-0.25, -0.2) is 18.4 Å². The van der Waals surface area contributed by atoms with Crippen LogP contribution in [-0.4, -0.2) is 28.7 Å². The van der Waals surface area contributed by atoms with Gasteiger partial charge in [0.05, 0.1) is 10.6 Å². The number of thiazole rings is 1. The van der Waals surface area contributed by atoms with E-state index in [2.05, 4.69) is 20.0 Å². The van der Waals surface area contributed by atoms with Crippen LogP contribution in [0.25, 0.3) is 5.65 Å². The molecule has 8 nitrogen and oxygen atoms in total. The lowest BCUT2D eigenvalue weighted by Gasteiger charge is -2.09. The molecule has 0 radical (unpaired) electrons. The van der Waals surface area contributed by atoms with Crippen LogP contribution in [0.3, 0.4) is 0 Å². The van der Waals surface area contributed by atoms with Gasteiger partial charge in [0, 0.05) is 23.5 Å². The van der Waals surface area contributed by atoms with Gasteiger partial charge < -0.3 is 5.32 Å². The molecule has 1 amide bonds. The smallest absolute Gasteiger partial charge is 0.274 e. The summed E-state index contributed by atoms with van der Waals surface area (Å²) in [6.07, 6.45) is 3.92. The maximum Gasteiger partial charge on any atom is 0.274 e. The third kappa shape index (κ3) is 3.84. The number of rotatable bonds is 6. The van der Waals surface area contributed by atoms with E-state index in [1.54, 1.807) is 28.1 Å². The maximum absolute atomic E-state index is 12.9. The van der Waals surface area contributed by atoms with E-state index < -0.39 is 10.0 Å². The van der Waals surface area contributed by atoms with Crippen molar-refractivity contribution in [1.29, 1.82) is 0 Å². The van der Waals surface area contributed by atoms with E-state index in [1.165, 1.54) is 29.7 Å². The van der Waals surface area contributed by atoms with Crippen LogP contribution in [0.4, 0.5) is 10.8 Å². The summed E-state index contributed by atoms with van der Waals surface area (Å²) in [7, 11) is -3.74. The van der Waals surface area contributed by atoms with Gasteiger partial charge in [-0.05, 0) is 42.8 Å². The lowest BCUT2D eigenvalue weighted by molar-refractivity contribution is 0.102. The van der Waals surface area contributed by atoms with Gasteiger partial charge in [0.2, 0.25) is 0 Å². The zero-order valence-electron chi connectivity index (χ0n) is 15.4. The van der Waals surface area contributed by atoms with Crippen LogP contribution >= 0.6 is 11.3 Å². The number of hydrogen-bond acceptors (Lipinski definition) is 6. The summed E-state index contributed by atoms with van der Waals surface area (Å²) in [6, 6.07) is 11.5. The molecule has 0 bridgehead atoms. The third-order valence-corrected chi connectivity index (χ3v) is 6.40. The van der Waals surface area contributed by atoms with Gasteiger partial charge in [0.1, 0.15) is 11.3 Å². The van der Waals surface area contributed by atoms with E-state index in [4.69, 9.17) is 0 Å². The average Bonchev–Trinajstić information content (AvgIpc) is 3.35. The normalized spacial score (nSPS) is 11.5. The Morgan fingerprint density at radius 1 is 1.17 bits per heavy atom. The first-order valence-corrected chi connectivity index (χ1v) is 11.1. The highest BCUT2D eigenvalue weighted by Crippen LogP contribution is 2.21. The first-order valence-electron chi connectivity index (χ1n) is 8.77. The van der Waals surface area contributed by atoms with Gasteiger partial charge in [0.15, 0.2) is 5.13 Å². The zero-order chi connectivity index (χ0) is 20.4. The minimum Gasteiger partial charge on any atom is -0.321 e. The Balaban J connectivity index is 1.56.